The summed E-state index contributed by atoms with van der Waals surface area (Å²) in [4.78, 5) is 28.7. The molecule has 4 bridgehead atoms. The summed E-state index contributed by atoms with van der Waals surface area (Å²) in [5, 5.41) is 9.05. The van der Waals surface area contributed by atoms with Crippen molar-refractivity contribution >= 4 is 11.8 Å². The number of amides is 2. The van der Waals surface area contributed by atoms with Gasteiger partial charge in [-0.3, -0.25) is 9.59 Å². The Morgan fingerprint density at radius 2 is 1.83 bits per heavy atom. The summed E-state index contributed by atoms with van der Waals surface area (Å²) in [6, 6.07) is 2.21. The van der Waals surface area contributed by atoms with Gasteiger partial charge in [-0.05, 0) is 62.7 Å². The van der Waals surface area contributed by atoms with Gasteiger partial charge in [-0.2, -0.15) is 5.26 Å². The van der Waals surface area contributed by atoms with E-state index in [4.69, 9.17) is 5.26 Å². The highest BCUT2D eigenvalue weighted by Gasteiger charge is 2.54. The molecule has 4 saturated carbocycles. The summed E-state index contributed by atoms with van der Waals surface area (Å²) < 4.78 is 0. The van der Waals surface area contributed by atoms with Gasteiger partial charge >= 0.3 is 0 Å². The summed E-state index contributed by atoms with van der Waals surface area (Å²) in [6.07, 6.45) is 9.18. The lowest BCUT2D eigenvalue weighted by atomic mass is 9.52. The predicted octanol–water partition coefficient (Wildman–Crippen LogP) is 2.32. The highest BCUT2D eigenvalue weighted by molar-refractivity contribution is 5.86. The van der Waals surface area contributed by atoms with Crippen molar-refractivity contribution in [2.45, 2.75) is 63.3 Å². The van der Waals surface area contributed by atoms with Crippen LogP contribution in [0, 0.1) is 29.1 Å². The molecule has 5 heteroatoms. The number of carbonyl (C=O) groups is 2. The molecule has 5 aliphatic rings. The summed E-state index contributed by atoms with van der Waals surface area (Å²) >= 11 is 0. The molecule has 1 saturated heterocycles. The van der Waals surface area contributed by atoms with Crippen LogP contribution >= 0.6 is 0 Å². The van der Waals surface area contributed by atoms with Crippen LogP contribution < -0.4 is 0 Å². The van der Waals surface area contributed by atoms with Crippen molar-refractivity contribution in [3.63, 3.8) is 0 Å². The summed E-state index contributed by atoms with van der Waals surface area (Å²) in [7, 11) is 0. The fourth-order valence-corrected chi connectivity index (χ4v) is 6.30. The summed E-state index contributed by atoms with van der Waals surface area (Å²) in [5.74, 6) is 2.47. The average molecular weight is 329 g/mol. The molecule has 1 aliphatic heterocycles. The van der Waals surface area contributed by atoms with E-state index in [0.717, 1.165) is 43.4 Å². The maximum atomic E-state index is 13.1. The monoisotopic (exact) mass is 329 g/mol. The molecule has 4 aliphatic carbocycles. The Balaban J connectivity index is 1.54. The Kier molecular flexibility index (Phi) is 4.02. The minimum absolute atomic E-state index is 0.0224. The Morgan fingerprint density at radius 3 is 2.33 bits per heavy atom. The van der Waals surface area contributed by atoms with E-state index in [-0.39, 0.29) is 23.9 Å². The van der Waals surface area contributed by atoms with Gasteiger partial charge in [-0.25, -0.2) is 0 Å². The molecule has 0 aromatic carbocycles. The zero-order valence-corrected chi connectivity index (χ0v) is 14.4. The minimum atomic E-state index is -0.0224. The smallest absolute Gasteiger partial charge is 0.242 e. The maximum Gasteiger partial charge on any atom is 0.242 e. The standard InChI is InChI=1S/C19H27N3O2/c20-4-2-6-22(18(24)13-21-5-1-3-17(21)23)19-10-14-7-15(11-19)9-16(8-14)12-19/h14-16H,1-3,5-13H2. The van der Waals surface area contributed by atoms with Crippen LogP contribution in [0.4, 0.5) is 0 Å². The van der Waals surface area contributed by atoms with E-state index in [1.807, 2.05) is 4.90 Å². The number of rotatable bonds is 5. The molecular formula is C19H27N3O2. The fourth-order valence-electron chi connectivity index (χ4n) is 6.30. The molecule has 24 heavy (non-hydrogen) atoms. The van der Waals surface area contributed by atoms with E-state index < -0.39 is 0 Å². The zero-order chi connectivity index (χ0) is 16.7. The Hall–Kier alpha value is -1.57. The van der Waals surface area contributed by atoms with E-state index in [1.54, 1.807) is 4.90 Å². The lowest BCUT2D eigenvalue weighted by Crippen LogP contribution is -2.62. The molecule has 0 radical (unpaired) electrons. The van der Waals surface area contributed by atoms with Crippen molar-refractivity contribution in [2.24, 2.45) is 17.8 Å². The van der Waals surface area contributed by atoms with E-state index in [9.17, 15) is 9.59 Å². The largest absolute Gasteiger partial charge is 0.334 e. The van der Waals surface area contributed by atoms with Crippen LogP contribution in [0.3, 0.4) is 0 Å². The lowest BCUT2D eigenvalue weighted by Gasteiger charge is -2.60. The Bertz CT molecular complexity index is 544. The first-order valence-electron chi connectivity index (χ1n) is 9.55. The molecular weight excluding hydrogens is 302 g/mol. The molecule has 1 heterocycles. The van der Waals surface area contributed by atoms with Gasteiger partial charge < -0.3 is 9.80 Å². The van der Waals surface area contributed by atoms with Crippen LogP contribution in [0.5, 0.6) is 0 Å². The second kappa shape index (κ2) is 6.06. The summed E-state index contributed by atoms with van der Waals surface area (Å²) in [5.41, 5.74) is -0.0224. The van der Waals surface area contributed by atoms with Gasteiger partial charge in [-0.1, -0.05) is 0 Å². The van der Waals surface area contributed by atoms with Crippen LogP contribution in [0.15, 0.2) is 0 Å². The van der Waals surface area contributed by atoms with E-state index in [0.29, 0.717) is 25.9 Å². The van der Waals surface area contributed by atoms with Crippen LogP contribution in [-0.4, -0.2) is 46.8 Å². The van der Waals surface area contributed by atoms with Gasteiger partial charge in [0.05, 0.1) is 19.0 Å². The van der Waals surface area contributed by atoms with Crippen molar-refractivity contribution in [3.05, 3.63) is 0 Å². The highest BCUT2D eigenvalue weighted by Crippen LogP contribution is 2.57. The number of nitrogens with zero attached hydrogens (tertiary/aromatic N) is 3. The third-order valence-electron chi connectivity index (χ3n) is 6.82. The topological polar surface area (TPSA) is 64.4 Å². The second-order valence-electron chi connectivity index (χ2n) is 8.51. The molecule has 5 fully saturated rings. The number of nitriles is 1. The molecule has 0 spiro atoms. The number of hydrogen-bond acceptors (Lipinski definition) is 3. The van der Waals surface area contributed by atoms with Crippen molar-refractivity contribution < 1.29 is 9.59 Å². The highest BCUT2D eigenvalue weighted by atomic mass is 16.2. The molecule has 2 amide bonds. The molecule has 0 unspecified atom stereocenters. The van der Waals surface area contributed by atoms with E-state index in [1.165, 1.54) is 19.3 Å². The zero-order valence-electron chi connectivity index (χ0n) is 14.4. The normalized spacial score (nSPS) is 36.9. The summed E-state index contributed by atoms with van der Waals surface area (Å²) in [6.45, 7) is 1.45. The van der Waals surface area contributed by atoms with E-state index >= 15 is 0 Å². The van der Waals surface area contributed by atoms with Gasteiger partial charge in [0.25, 0.3) is 0 Å². The number of hydrogen-bond donors (Lipinski definition) is 0. The minimum Gasteiger partial charge on any atom is -0.334 e. The third kappa shape index (κ3) is 2.70. The Labute approximate surface area is 144 Å². The van der Waals surface area contributed by atoms with Crippen LogP contribution in [0.25, 0.3) is 0 Å². The molecule has 0 aromatic rings. The average Bonchev–Trinajstić information content (AvgIpc) is 2.91. The quantitative estimate of drug-likeness (QED) is 0.777. The molecule has 5 rings (SSSR count). The van der Waals surface area contributed by atoms with Gasteiger partial charge in [0.1, 0.15) is 0 Å². The molecule has 130 valence electrons. The molecule has 0 atom stereocenters. The third-order valence-corrected chi connectivity index (χ3v) is 6.82. The molecule has 0 aromatic heterocycles. The fraction of sp³-hybridized carbons (Fsp3) is 0.842. The SMILES string of the molecule is N#CCCN(C(=O)CN1CCCC1=O)C12CC3CC(CC(C3)C1)C2. The lowest BCUT2D eigenvalue weighted by molar-refractivity contribution is -0.153. The molecule has 5 nitrogen and oxygen atoms in total. The van der Waals surface area contributed by atoms with Gasteiger partial charge in [0, 0.05) is 25.0 Å². The van der Waals surface area contributed by atoms with E-state index in [2.05, 4.69) is 6.07 Å². The van der Waals surface area contributed by atoms with Crippen molar-refractivity contribution in [1.29, 1.82) is 5.26 Å². The van der Waals surface area contributed by atoms with Crippen molar-refractivity contribution in [3.8, 4) is 6.07 Å². The van der Waals surface area contributed by atoms with Crippen molar-refractivity contribution in [2.75, 3.05) is 19.6 Å². The molecule has 0 N–H and O–H groups in total. The predicted molar refractivity (Wildman–Crippen MR) is 88.7 cm³/mol. The van der Waals surface area contributed by atoms with Crippen LogP contribution in [0.2, 0.25) is 0 Å². The van der Waals surface area contributed by atoms with Crippen molar-refractivity contribution in [1.82, 2.24) is 9.80 Å². The van der Waals surface area contributed by atoms with Gasteiger partial charge in [-0.15, -0.1) is 0 Å². The van der Waals surface area contributed by atoms with Gasteiger partial charge in [0.2, 0.25) is 11.8 Å². The second-order valence-corrected chi connectivity index (χ2v) is 8.51. The Morgan fingerprint density at radius 1 is 1.21 bits per heavy atom. The number of likely N-dealkylation sites (tertiary alicyclic amines) is 1. The number of carbonyl (C=O) groups excluding carboxylic acids is 2. The van der Waals surface area contributed by atoms with Gasteiger partial charge in [0.15, 0.2) is 0 Å². The first kappa shape index (κ1) is 15.9. The van der Waals surface area contributed by atoms with Crippen LogP contribution in [0.1, 0.15) is 57.8 Å². The first-order valence-corrected chi connectivity index (χ1v) is 9.55. The maximum absolute atomic E-state index is 13.1. The van der Waals surface area contributed by atoms with Crippen LogP contribution in [-0.2, 0) is 9.59 Å². The first-order chi connectivity index (χ1) is 11.6.